The van der Waals surface area contributed by atoms with Crippen LogP contribution in [0.3, 0.4) is 0 Å². The molecule has 2 N–H and O–H groups in total. The highest BCUT2D eigenvalue weighted by molar-refractivity contribution is 5.85. The maximum Gasteiger partial charge on any atom is 0.318 e. The van der Waals surface area contributed by atoms with Crippen LogP contribution in [-0.4, -0.2) is 60.0 Å². The molecule has 3 heterocycles. The first-order valence-electron chi connectivity index (χ1n) is 9.71. The molecule has 1 aromatic carbocycles. The van der Waals surface area contributed by atoms with Crippen molar-refractivity contribution in [3.8, 4) is 0 Å². The molecule has 0 spiro atoms. The van der Waals surface area contributed by atoms with Gasteiger partial charge in [-0.05, 0) is 43.2 Å². The fourth-order valence-electron chi connectivity index (χ4n) is 4.60. The molecule has 0 radical (unpaired) electrons. The van der Waals surface area contributed by atoms with Gasteiger partial charge < -0.3 is 20.4 Å². The van der Waals surface area contributed by atoms with E-state index in [4.69, 9.17) is 0 Å². The van der Waals surface area contributed by atoms with E-state index in [0.717, 1.165) is 19.3 Å². The van der Waals surface area contributed by atoms with E-state index < -0.39 is 0 Å². The monoisotopic (exact) mass is 392 g/mol. The molecule has 3 amide bonds. The molecule has 2 bridgehead atoms. The zero-order chi connectivity index (χ0) is 18.1. The van der Waals surface area contributed by atoms with Crippen LogP contribution in [0, 0.1) is 0 Å². The molecule has 0 aromatic heterocycles. The number of halogens is 1. The molecule has 3 aliphatic rings. The largest absolute Gasteiger partial charge is 0.341 e. The van der Waals surface area contributed by atoms with Gasteiger partial charge in [-0.1, -0.05) is 24.3 Å². The lowest BCUT2D eigenvalue weighted by Gasteiger charge is -2.36. The Morgan fingerprint density at radius 1 is 1.19 bits per heavy atom. The number of amides is 3. The number of urea groups is 1. The summed E-state index contributed by atoms with van der Waals surface area (Å²) in [5, 5.41) is 6.42. The molecule has 27 heavy (non-hydrogen) atoms. The summed E-state index contributed by atoms with van der Waals surface area (Å²) in [6.07, 6.45) is 5.35. The van der Waals surface area contributed by atoms with Crippen molar-refractivity contribution >= 4 is 24.3 Å². The summed E-state index contributed by atoms with van der Waals surface area (Å²) in [7, 11) is 1.88. The molecule has 2 saturated heterocycles. The third-order valence-corrected chi connectivity index (χ3v) is 6.20. The number of benzene rings is 1. The third-order valence-electron chi connectivity index (χ3n) is 6.20. The van der Waals surface area contributed by atoms with Gasteiger partial charge in [0, 0.05) is 38.3 Å². The summed E-state index contributed by atoms with van der Waals surface area (Å²) in [5.41, 5.74) is 2.51. The van der Waals surface area contributed by atoms with Crippen LogP contribution in [0.15, 0.2) is 24.3 Å². The summed E-state index contributed by atoms with van der Waals surface area (Å²) in [5.74, 6) is 0.00191. The lowest BCUT2D eigenvalue weighted by atomic mass is 9.98. The highest BCUT2D eigenvalue weighted by Gasteiger charge is 2.36. The number of rotatable bonds is 3. The molecule has 1 aromatic rings. The van der Waals surface area contributed by atoms with Gasteiger partial charge in [0.25, 0.3) is 0 Å². The quantitative estimate of drug-likeness (QED) is 0.826. The zero-order valence-electron chi connectivity index (χ0n) is 15.8. The minimum absolute atomic E-state index is 0. The van der Waals surface area contributed by atoms with Gasteiger partial charge in [0.15, 0.2) is 0 Å². The van der Waals surface area contributed by atoms with Crippen LogP contribution in [0.2, 0.25) is 0 Å². The highest BCUT2D eigenvalue weighted by atomic mass is 35.5. The van der Waals surface area contributed by atoms with Crippen LogP contribution in [0.25, 0.3) is 0 Å². The van der Waals surface area contributed by atoms with E-state index in [1.165, 1.54) is 24.0 Å². The molecule has 148 valence electrons. The van der Waals surface area contributed by atoms with Crippen LogP contribution in [0.4, 0.5) is 4.79 Å². The van der Waals surface area contributed by atoms with Crippen LogP contribution in [0.5, 0.6) is 0 Å². The van der Waals surface area contributed by atoms with E-state index in [0.29, 0.717) is 31.2 Å². The molecule has 2 fully saturated rings. The third kappa shape index (κ3) is 4.38. The highest BCUT2D eigenvalue weighted by Crippen LogP contribution is 2.29. The average Bonchev–Trinajstić information content (AvgIpc) is 3.02. The maximum absolute atomic E-state index is 12.5. The molecule has 2 atom stereocenters. The first kappa shape index (κ1) is 20.0. The normalized spacial score (nSPS) is 26.0. The van der Waals surface area contributed by atoms with Gasteiger partial charge in [-0.25, -0.2) is 4.79 Å². The number of hydrogen-bond donors (Lipinski definition) is 2. The Balaban J connectivity index is 0.00000210. The summed E-state index contributed by atoms with van der Waals surface area (Å²) >= 11 is 0. The van der Waals surface area contributed by atoms with Crippen molar-refractivity contribution in [3.05, 3.63) is 35.4 Å². The molecule has 3 aliphatic heterocycles. The van der Waals surface area contributed by atoms with Crippen molar-refractivity contribution in [1.29, 1.82) is 0 Å². The summed E-state index contributed by atoms with van der Waals surface area (Å²) in [6.45, 7) is 1.39. The van der Waals surface area contributed by atoms with E-state index in [9.17, 15) is 9.59 Å². The van der Waals surface area contributed by atoms with Crippen molar-refractivity contribution in [2.45, 2.75) is 56.8 Å². The second-order valence-electron chi connectivity index (χ2n) is 7.87. The van der Waals surface area contributed by atoms with E-state index >= 15 is 0 Å². The number of nitrogens with one attached hydrogen (secondary N) is 2. The number of carbonyl (C=O) groups excluding carboxylic acids is 2. The number of nitrogens with zero attached hydrogens (tertiary/aromatic N) is 2. The van der Waals surface area contributed by atoms with Crippen molar-refractivity contribution < 1.29 is 9.59 Å². The maximum atomic E-state index is 12.5. The molecule has 2 unspecified atom stereocenters. The van der Waals surface area contributed by atoms with Gasteiger partial charge in [0.2, 0.25) is 5.91 Å². The van der Waals surface area contributed by atoms with Crippen LogP contribution < -0.4 is 10.6 Å². The van der Waals surface area contributed by atoms with Gasteiger partial charge in [-0.2, -0.15) is 0 Å². The second kappa shape index (κ2) is 8.48. The summed E-state index contributed by atoms with van der Waals surface area (Å²) in [6, 6.07) is 9.48. The van der Waals surface area contributed by atoms with Crippen LogP contribution in [-0.2, 0) is 17.8 Å². The minimum Gasteiger partial charge on any atom is -0.341 e. The SMILES string of the molecule is CN(C(=O)CNC(=O)N1CCc2ccccc2C1)C1CC2CCC(C1)N2.Cl. The van der Waals surface area contributed by atoms with Crippen molar-refractivity contribution in [3.63, 3.8) is 0 Å². The Kier molecular flexibility index (Phi) is 6.27. The van der Waals surface area contributed by atoms with Crippen LogP contribution in [0.1, 0.15) is 36.8 Å². The second-order valence-corrected chi connectivity index (χ2v) is 7.87. The molecule has 7 heteroatoms. The number of piperidine rings is 1. The Bertz CT molecular complexity index is 686. The van der Waals surface area contributed by atoms with E-state index in [1.54, 1.807) is 4.90 Å². The molecular formula is C20H29ClN4O2. The van der Waals surface area contributed by atoms with Crippen molar-refractivity contribution in [1.82, 2.24) is 20.4 Å². The van der Waals surface area contributed by atoms with E-state index in [-0.39, 0.29) is 30.9 Å². The van der Waals surface area contributed by atoms with Crippen LogP contribution >= 0.6 is 12.4 Å². The zero-order valence-corrected chi connectivity index (χ0v) is 16.6. The van der Waals surface area contributed by atoms with Gasteiger partial charge in [-0.15, -0.1) is 12.4 Å². The minimum atomic E-state index is -0.147. The molecule has 0 saturated carbocycles. The number of likely N-dealkylation sites (N-methyl/N-ethyl adjacent to an activating group) is 1. The predicted octanol–water partition coefficient (Wildman–Crippen LogP) is 1.92. The Morgan fingerprint density at radius 2 is 1.85 bits per heavy atom. The molecular weight excluding hydrogens is 364 g/mol. The summed E-state index contributed by atoms with van der Waals surface area (Å²) in [4.78, 5) is 28.6. The molecule has 4 rings (SSSR count). The van der Waals surface area contributed by atoms with E-state index in [2.05, 4.69) is 22.8 Å². The fourth-order valence-corrected chi connectivity index (χ4v) is 4.60. The number of hydrogen-bond acceptors (Lipinski definition) is 3. The first-order chi connectivity index (χ1) is 12.6. The van der Waals surface area contributed by atoms with Crippen molar-refractivity contribution in [2.75, 3.05) is 20.1 Å². The Hall–Kier alpha value is -1.79. The fraction of sp³-hybridized carbons (Fsp3) is 0.600. The Labute approximate surface area is 167 Å². The first-order valence-corrected chi connectivity index (χ1v) is 9.71. The number of carbonyl (C=O) groups is 2. The van der Waals surface area contributed by atoms with Gasteiger partial charge in [-0.3, -0.25) is 4.79 Å². The topological polar surface area (TPSA) is 64.7 Å². The average molecular weight is 393 g/mol. The molecule has 6 nitrogen and oxygen atoms in total. The van der Waals surface area contributed by atoms with Crippen molar-refractivity contribution in [2.24, 2.45) is 0 Å². The van der Waals surface area contributed by atoms with Gasteiger partial charge >= 0.3 is 6.03 Å². The Morgan fingerprint density at radius 3 is 2.56 bits per heavy atom. The van der Waals surface area contributed by atoms with Gasteiger partial charge in [0.05, 0.1) is 6.54 Å². The smallest absolute Gasteiger partial charge is 0.318 e. The molecule has 0 aliphatic carbocycles. The van der Waals surface area contributed by atoms with Gasteiger partial charge in [0.1, 0.15) is 0 Å². The lowest BCUT2D eigenvalue weighted by Crippen LogP contribution is -2.52. The predicted molar refractivity (Wildman–Crippen MR) is 107 cm³/mol. The standard InChI is InChI=1S/C20H28N4O2.ClH/c1-23(18-10-16-6-7-17(11-18)22-16)19(25)12-21-20(26)24-9-8-14-4-2-3-5-15(14)13-24;/h2-5,16-18,22H,6-13H2,1H3,(H,21,26);1H. The van der Waals surface area contributed by atoms with E-state index in [1.807, 2.05) is 24.1 Å². The lowest BCUT2D eigenvalue weighted by molar-refractivity contribution is -0.131. The summed E-state index contributed by atoms with van der Waals surface area (Å²) < 4.78 is 0. The number of fused-ring (bicyclic) bond motifs is 3.